The van der Waals surface area contributed by atoms with Crippen LogP contribution in [0.3, 0.4) is 0 Å². The number of hydrogen-bond donors (Lipinski definition) is 1. The number of nitrogens with zero attached hydrogens (tertiary/aromatic N) is 3. The van der Waals surface area contributed by atoms with Crippen LogP contribution >= 0.6 is 0 Å². The van der Waals surface area contributed by atoms with Crippen molar-refractivity contribution in [2.24, 2.45) is 0 Å². The first kappa shape index (κ1) is 10.9. The van der Waals surface area contributed by atoms with E-state index in [1.807, 2.05) is 12.1 Å². The Morgan fingerprint density at radius 1 is 1.29 bits per heavy atom. The van der Waals surface area contributed by atoms with E-state index >= 15 is 0 Å². The van der Waals surface area contributed by atoms with E-state index in [1.165, 1.54) is 6.08 Å². The Labute approximate surface area is 97.5 Å². The standard InChI is InChI=1S/C12H9N3O2/c16-12(17)4-3-11-14-7-5-10(15-11)9-2-1-6-13-8-9/h1-8H,(H,16,17)/b4-3+. The van der Waals surface area contributed by atoms with Crippen LogP contribution in [-0.4, -0.2) is 26.0 Å². The summed E-state index contributed by atoms with van der Waals surface area (Å²) in [5.41, 5.74) is 1.57. The molecule has 0 atom stereocenters. The lowest BCUT2D eigenvalue weighted by Gasteiger charge is -1.99. The van der Waals surface area contributed by atoms with Gasteiger partial charge < -0.3 is 5.11 Å². The molecule has 2 aromatic heterocycles. The van der Waals surface area contributed by atoms with Crippen LogP contribution in [0.25, 0.3) is 17.3 Å². The van der Waals surface area contributed by atoms with Crippen molar-refractivity contribution in [1.82, 2.24) is 15.0 Å². The summed E-state index contributed by atoms with van der Waals surface area (Å²) in [6, 6.07) is 5.43. The smallest absolute Gasteiger partial charge is 0.328 e. The summed E-state index contributed by atoms with van der Waals surface area (Å²) in [7, 11) is 0. The van der Waals surface area contributed by atoms with E-state index in [-0.39, 0.29) is 0 Å². The summed E-state index contributed by atoms with van der Waals surface area (Å²) >= 11 is 0. The molecule has 17 heavy (non-hydrogen) atoms. The third kappa shape index (κ3) is 2.94. The maximum Gasteiger partial charge on any atom is 0.328 e. The van der Waals surface area contributed by atoms with Crippen LogP contribution in [0.15, 0.2) is 42.9 Å². The van der Waals surface area contributed by atoms with Crippen molar-refractivity contribution in [1.29, 1.82) is 0 Å². The molecule has 0 saturated carbocycles. The number of pyridine rings is 1. The third-order valence-electron chi connectivity index (χ3n) is 2.01. The topological polar surface area (TPSA) is 76.0 Å². The van der Waals surface area contributed by atoms with Crippen molar-refractivity contribution in [3.8, 4) is 11.3 Å². The highest BCUT2D eigenvalue weighted by Gasteiger charge is 2.00. The first-order chi connectivity index (χ1) is 8.25. The molecule has 2 heterocycles. The molecular weight excluding hydrogens is 218 g/mol. The van der Waals surface area contributed by atoms with Crippen LogP contribution in [-0.2, 0) is 4.79 Å². The Morgan fingerprint density at radius 2 is 2.18 bits per heavy atom. The van der Waals surface area contributed by atoms with Gasteiger partial charge in [0.2, 0.25) is 0 Å². The molecule has 5 heteroatoms. The van der Waals surface area contributed by atoms with Crippen molar-refractivity contribution in [3.63, 3.8) is 0 Å². The summed E-state index contributed by atoms with van der Waals surface area (Å²) in [6.07, 6.45) is 7.30. The predicted molar refractivity (Wildman–Crippen MR) is 61.9 cm³/mol. The molecule has 1 N–H and O–H groups in total. The Hall–Kier alpha value is -2.56. The minimum absolute atomic E-state index is 0.355. The van der Waals surface area contributed by atoms with E-state index < -0.39 is 5.97 Å². The second-order valence-corrected chi connectivity index (χ2v) is 3.21. The van der Waals surface area contributed by atoms with Crippen LogP contribution in [0.4, 0.5) is 0 Å². The lowest BCUT2D eigenvalue weighted by atomic mass is 10.2. The van der Waals surface area contributed by atoms with E-state index in [1.54, 1.807) is 24.7 Å². The lowest BCUT2D eigenvalue weighted by molar-refractivity contribution is -0.131. The molecule has 84 valence electrons. The van der Waals surface area contributed by atoms with E-state index in [0.29, 0.717) is 11.5 Å². The summed E-state index contributed by atoms with van der Waals surface area (Å²) in [5, 5.41) is 8.51. The van der Waals surface area contributed by atoms with Gasteiger partial charge >= 0.3 is 5.97 Å². The molecule has 0 aliphatic carbocycles. The third-order valence-corrected chi connectivity index (χ3v) is 2.01. The Morgan fingerprint density at radius 3 is 2.88 bits per heavy atom. The molecule has 0 saturated heterocycles. The number of rotatable bonds is 3. The van der Waals surface area contributed by atoms with Crippen LogP contribution < -0.4 is 0 Å². The number of carboxylic acid groups (broad SMARTS) is 1. The highest BCUT2D eigenvalue weighted by molar-refractivity contribution is 5.84. The van der Waals surface area contributed by atoms with E-state index in [2.05, 4.69) is 15.0 Å². The zero-order chi connectivity index (χ0) is 12.1. The zero-order valence-corrected chi connectivity index (χ0v) is 8.82. The molecule has 5 nitrogen and oxygen atoms in total. The molecule has 0 amide bonds. The van der Waals surface area contributed by atoms with Crippen LogP contribution in [0.1, 0.15) is 5.82 Å². The fourth-order valence-electron chi connectivity index (χ4n) is 1.27. The predicted octanol–water partition coefficient (Wildman–Crippen LogP) is 1.64. The molecular formula is C12H9N3O2. The number of carboxylic acids is 1. The van der Waals surface area contributed by atoms with E-state index in [9.17, 15) is 4.79 Å². The normalized spacial score (nSPS) is 10.6. The van der Waals surface area contributed by atoms with Crippen LogP contribution in [0.5, 0.6) is 0 Å². The minimum atomic E-state index is -1.03. The molecule has 0 aromatic carbocycles. The van der Waals surface area contributed by atoms with Gasteiger partial charge in [-0.2, -0.15) is 0 Å². The molecule has 0 fully saturated rings. The van der Waals surface area contributed by atoms with Gasteiger partial charge in [0, 0.05) is 30.2 Å². The van der Waals surface area contributed by atoms with Crippen molar-refractivity contribution < 1.29 is 9.90 Å². The maximum atomic E-state index is 10.4. The molecule has 2 aromatic rings. The summed E-state index contributed by atoms with van der Waals surface area (Å²) in [4.78, 5) is 22.5. The van der Waals surface area contributed by atoms with Gasteiger partial charge in [0.1, 0.15) is 0 Å². The Balaban J connectivity index is 2.32. The van der Waals surface area contributed by atoms with Crippen molar-refractivity contribution in [2.75, 3.05) is 0 Å². The summed E-state index contributed by atoms with van der Waals surface area (Å²) < 4.78 is 0. The lowest BCUT2D eigenvalue weighted by Crippen LogP contribution is -1.92. The van der Waals surface area contributed by atoms with Crippen LogP contribution in [0, 0.1) is 0 Å². The second kappa shape index (κ2) is 4.98. The summed E-state index contributed by atoms with van der Waals surface area (Å²) in [6.45, 7) is 0. The molecule has 0 aliphatic rings. The van der Waals surface area contributed by atoms with Crippen molar-refractivity contribution in [2.45, 2.75) is 0 Å². The molecule has 0 spiro atoms. The largest absolute Gasteiger partial charge is 0.478 e. The highest BCUT2D eigenvalue weighted by Crippen LogP contribution is 2.14. The molecule has 0 unspecified atom stereocenters. The zero-order valence-electron chi connectivity index (χ0n) is 8.82. The van der Waals surface area contributed by atoms with Crippen molar-refractivity contribution >= 4 is 12.0 Å². The van der Waals surface area contributed by atoms with Gasteiger partial charge in [0.25, 0.3) is 0 Å². The quantitative estimate of drug-likeness (QED) is 0.806. The van der Waals surface area contributed by atoms with E-state index in [4.69, 9.17) is 5.11 Å². The average molecular weight is 227 g/mol. The fraction of sp³-hybridized carbons (Fsp3) is 0. The average Bonchev–Trinajstić information content (AvgIpc) is 2.38. The Kier molecular flexibility index (Phi) is 3.20. The van der Waals surface area contributed by atoms with E-state index in [0.717, 1.165) is 11.6 Å². The maximum absolute atomic E-state index is 10.4. The molecule has 0 bridgehead atoms. The van der Waals surface area contributed by atoms with Gasteiger partial charge in [-0.25, -0.2) is 14.8 Å². The second-order valence-electron chi connectivity index (χ2n) is 3.21. The fourth-order valence-corrected chi connectivity index (χ4v) is 1.27. The monoisotopic (exact) mass is 227 g/mol. The van der Waals surface area contributed by atoms with Gasteiger partial charge in [-0.3, -0.25) is 4.98 Å². The molecule has 0 radical (unpaired) electrons. The molecule has 2 rings (SSSR count). The summed E-state index contributed by atoms with van der Waals surface area (Å²) in [5.74, 6) is -0.672. The Bertz CT molecular complexity index is 553. The molecule has 0 aliphatic heterocycles. The SMILES string of the molecule is O=C(O)/C=C/c1nccc(-c2cccnc2)n1. The number of hydrogen-bond acceptors (Lipinski definition) is 4. The number of carbonyl (C=O) groups is 1. The first-order valence-electron chi connectivity index (χ1n) is 4.90. The first-order valence-corrected chi connectivity index (χ1v) is 4.90. The van der Waals surface area contributed by atoms with Gasteiger partial charge in [-0.1, -0.05) is 0 Å². The number of aliphatic carboxylic acids is 1. The highest BCUT2D eigenvalue weighted by atomic mass is 16.4. The van der Waals surface area contributed by atoms with Gasteiger partial charge in [0.15, 0.2) is 5.82 Å². The van der Waals surface area contributed by atoms with Gasteiger partial charge in [0.05, 0.1) is 5.69 Å². The van der Waals surface area contributed by atoms with Crippen molar-refractivity contribution in [3.05, 3.63) is 48.7 Å². The van der Waals surface area contributed by atoms with Gasteiger partial charge in [-0.05, 0) is 24.3 Å². The minimum Gasteiger partial charge on any atom is -0.478 e. The van der Waals surface area contributed by atoms with Gasteiger partial charge in [-0.15, -0.1) is 0 Å². The number of aromatic nitrogens is 3. The van der Waals surface area contributed by atoms with Crippen LogP contribution in [0.2, 0.25) is 0 Å².